The molecule has 160 valence electrons. The van der Waals surface area contributed by atoms with Crippen molar-refractivity contribution in [2.45, 2.75) is 58.3 Å². The Bertz CT molecular complexity index is 885. The normalized spacial score (nSPS) is 19.0. The maximum atomic E-state index is 13.0. The monoisotopic (exact) mass is 410 g/mol. The number of hydroxylamine groups is 1. The van der Waals surface area contributed by atoms with E-state index in [1.165, 1.54) is 10.5 Å². The average molecular weight is 411 g/mol. The summed E-state index contributed by atoms with van der Waals surface area (Å²) in [6.07, 6.45) is 0.417. The van der Waals surface area contributed by atoms with Crippen molar-refractivity contribution in [1.29, 1.82) is 0 Å². The third-order valence-electron chi connectivity index (χ3n) is 5.18. The highest BCUT2D eigenvalue weighted by Gasteiger charge is 2.41. The predicted molar refractivity (Wildman–Crippen MR) is 116 cm³/mol. The lowest BCUT2D eigenvalue weighted by molar-refractivity contribution is -0.151. The molecule has 2 aromatic carbocycles. The van der Waals surface area contributed by atoms with Gasteiger partial charge in [0.1, 0.15) is 6.04 Å². The number of hydrogen-bond acceptors (Lipinski definition) is 4. The summed E-state index contributed by atoms with van der Waals surface area (Å²) in [5.41, 5.74) is 5.66. The van der Waals surface area contributed by atoms with Crippen LogP contribution in [0.15, 0.2) is 48.5 Å². The van der Waals surface area contributed by atoms with Crippen LogP contribution in [0.3, 0.4) is 0 Å². The molecule has 2 atom stereocenters. The summed E-state index contributed by atoms with van der Waals surface area (Å²) < 4.78 is 0. The molecule has 0 unspecified atom stereocenters. The Morgan fingerprint density at radius 2 is 1.63 bits per heavy atom. The van der Waals surface area contributed by atoms with Crippen LogP contribution in [0, 0.1) is 0 Å². The quantitative estimate of drug-likeness (QED) is 0.741. The number of hydrogen-bond donors (Lipinski definition) is 2. The minimum atomic E-state index is -0.971. The van der Waals surface area contributed by atoms with Gasteiger partial charge in [-0.3, -0.25) is 14.4 Å². The zero-order valence-electron chi connectivity index (χ0n) is 18.0. The Labute approximate surface area is 177 Å². The Kier molecular flexibility index (Phi) is 6.58. The van der Waals surface area contributed by atoms with Gasteiger partial charge in [-0.1, -0.05) is 43.3 Å². The van der Waals surface area contributed by atoms with Crippen molar-refractivity contribution in [3.05, 3.63) is 59.7 Å². The largest absolute Gasteiger partial charge is 0.390 e. The van der Waals surface area contributed by atoms with Gasteiger partial charge in [0.05, 0.1) is 11.7 Å². The van der Waals surface area contributed by atoms with Gasteiger partial charge in [0.2, 0.25) is 0 Å². The maximum absolute atomic E-state index is 13.0. The molecule has 1 fully saturated rings. The van der Waals surface area contributed by atoms with E-state index in [-0.39, 0.29) is 5.91 Å². The molecule has 3 rings (SSSR count). The number of carbonyl (C=O) groups excluding carboxylic acids is 2. The van der Waals surface area contributed by atoms with Crippen LogP contribution in [-0.2, 0) is 16.1 Å². The van der Waals surface area contributed by atoms with Crippen molar-refractivity contribution in [3.8, 4) is 11.1 Å². The first-order valence-corrected chi connectivity index (χ1v) is 10.4. The molecule has 6 heteroatoms. The number of nitrogens with one attached hydrogen (secondary N) is 1. The summed E-state index contributed by atoms with van der Waals surface area (Å²) in [5, 5.41) is 10.3. The molecule has 1 heterocycles. The molecule has 2 amide bonds. The number of aliphatic hydroxyl groups is 1. The van der Waals surface area contributed by atoms with E-state index in [1.807, 2.05) is 12.1 Å². The first-order chi connectivity index (χ1) is 14.2. The fourth-order valence-electron chi connectivity index (χ4n) is 3.49. The average Bonchev–Trinajstić information content (AvgIpc) is 3.12. The minimum Gasteiger partial charge on any atom is -0.390 e. The molecule has 2 aromatic rings. The lowest BCUT2D eigenvalue weighted by Crippen LogP contribution is -2.51. The van der Waals surface area contributed by atoms with E-state index in [9.17, 15) is 14.7 Å². The summed E-state index contributed by atoms with van der Waals surface area (Å²) in [6.45, 7) is 7.84. The number of amides is 2. The van der Waals surface area contributed by atoms with E-state index in [1.54, 1.807) is 32.9 Å². The summed E-state index contributed by atoms with van der Waals surface area (Å²) in [7, 11) is 0. The second-order valence-corrected chi connectivity index (χ2v) is 8.61. The molecule has 0 aliphatic carbocycles. The molecular weight excluding hydrogens is 380 g/mol. The van der Waals surface area contributed by atoms with E-state index in [0.29, 0.717) is 18.5 Å². The van der Waals surface area contributed by atoms with Crippen molar-refractivity contribution >= 4 is 11.8 Å². The Balaban J connectivity index is 1.73. The predicted octanol–water partition coefficient (Wildman–Crippen LogP) is 3.34. The Morgan fingerprint density at radius 1 is 1.07 bits per heavy atom. The fraction of sp³-hybridized carbons (Fsp3) is 0.417. The van der Waals surface area contributed by atoms with Gasteiger partial charge in [-0.2, -0.15) is 0 Å². The van der Waals surface area contributed by atoms with Gasteiger partial charge >= 0.3 is 0 Å². The molecule has 0 spiro atoms. The van der Waals surface area contributed by atoms with Crippen molar-refractivity contribution in [2.24, 2.45) is 0 Å². The Morgan fingerprint density at radius 3 is 2.17 bits per heavy atom. The lowest BCUT2D eigenvalue weighted by atomic mass is 10.0. The van der Waals surface area contributed by atoms with Crippen molar-refractivity contribution < 1.29 is 19.5 Å². The fourth-order valence-corrected chi connectivity index (χ4v) is 3.49. The van der Waals surface area contributed by atoms with Crippen molar-refractivity contribution in [1.82, 2.24) is 10.4 Å². The number of aryl methyl sites for hydroxylation is 1. The first-order valence-electron chi connectivity index (χ1n) is 10.4. The number of nitrogens with zero attached hydrogens (tertiary/aromatic N) is 1. The summed E-state index contributed by atoms with van der Waals surface area (Å²) >= 11 is 0. The molecule has 0 saturated carbocycles. The van der Waals surface area contributed by atoms with Gasteiger partial charge in [0.15, 0.2) is 0 Å². The van der Waals surface area contributed by atoms with Crippen molar-refractivity contribution in [3.63, 3.8) is 0 Å². The minimum absolute atomic E-state index is 0.282. The number of rotatable bonds is 5. The molecule has 0 radical (unpaired) electrons. The maximum Gasteiger partial charge on any atom is 0.269 e. The SMILES string of the molecule is CCc1ccc(-c2ccc(C(=O)N3CC[C@H](O)[C@H]3C(=O)NOC(C)(C)C)cc2)cc1. The molecule has 2 N–H and O–H groups in total. The zero-order valence-corrected chi connectivity index (χ0v) is 18.0. The molecular formula is C24H30N2O4. The Hall–Kier alpha value is -2.70. The molecule has 1 aliphatic heterocycles. The molecule has 30 heavy (non-hydrogen) atoms. The van der Waals surface area contributed by atoms with E-state index >= 15 is 0 Å². The topological polar surface area (TPSA) is 78.9 Å². The van der Waals surface area contributed by atoms with Crippen LogP contribution < -0.4 is 5.48 Å². The summed E-state index contributed by atoms with van der Waals surface area (Å²) in [4.78, 5) is 32.3. The van der Waals surface area contributed by atoms with Gasteiger partial charge < -0.3 is 10.0 Å². The van der Waals surface area contributed by atoms with Crippen LogP contribution in [0.4, 0.5) is 0 Å². The third-order valence-corrected chi connectivity index (χ3v) is 5.18. The van der Waals surface area contributed by atoms with E-state index < -0.39 is 23.7 Å². The second kappa shape index (κ2) is 8.98. The van der Waals surface area contributed by atoms with Crippen LogP contribution in [0.2, 0.25) is 0 Å². The van der Waals surface area contributed by atoms with Crippen molar-refractivity contribution in [2.75, 3.05) is 6.54 Å². The molecule has 6 nitrogen and oxygen atoms in total. The highest BCUT2D eigenvalue weighted by atomic mass is 16.7. The van der Waals surface area contributed by atoms with E-state index in [4.69, 9.17) is 4.84 Å². The summed E-state index contributed by atoms with van der Waals surface area (Å²) in [6, 6.07) is 14.7. The van der Waals surface area contributed by atoms with E-state index in [0.717, 1.165) is 17.5 Å². The summed E-state index contributed by atoms with van der Waals surface area (Å²) in [5.74, 6) is -0.800. The number of aliphatic hydroxyl groups excluding tert-OH is 1. The lowest BCUT2D eigenvalue weighted by Gasteiger charge is -2.27. The van der Waals surface area contributed by atoms with Crippen LogP contribution >= 0.6 is 0 Å². The van der Waals surface area contributed by atoms with Crippen LogP contribution in [0.5, 0.6) is 0 Å². The van der Waals surface area contributed by atoms with Crippen LogP contribution in [-0.4, -0.2) is 46.1 Å². The second-order valence-electron chi connectivity index (χ2n) is 8.61. The van der Waals surface area contributed by atoms with Crippen LogP contribution in [0.1, 0.15) is 50.0 Å². The standard InChI is InChI=1S/C24H30N2O4/c1-5-16-6-8-17(9-7-16)18-10-12-19(13-11-18)23(29)26-15-14-20(27)21(26)22(28)25-30-24(2,3)4/h6-13,20-21,27H,5,14-15H2,1-4H3,(H,25,28)/t20-,21-/m0/s1. The number of carbonyl (C=O) groups is 2. The van der Waals surface area contributed by atoms with Gasteiger partial charge in [-0.05, 0) is 62.4 Å². The van der Waals surface area contributed by atoms with Gasteiger partial charge in [0.25, 0.3) is 11.8 Å². The number of benzene rings is 2. The molecule has 0 bridgehead atoms. The van der Waals surface area contributed by atoms with Gasteiger partial charge in [-0.15, -0.1) is 0 Å². The van der Waals surface area contributed by atoms with Gasteiger partial charge in [0, 0.05) is 12.1 Å². The number of likely N-dealkylation sites (tertiary alicyclic amines) is 1. The van der Waals surface area contributed by atoms with Gasteiger partial charge in [-0.25, -0.2) is 5.48 Å². The highest BCUT2D eigenvalue weighted by molar-refractivity contribution is 5.98. The zero-order chi connectivity index (χ0) is 21.9. The third kappa shape index (κ3) is 5.07. The van der Waals surface area contributed by atoms with E-state index in [2.05, 4.69) is 36.7 Å². The molecule has 0 aromatic heterocycles. The molecule has 1 saturated heterocycles. The first kappa shape index (κ1) is 22.0. The smallest absolute Gasteiger partial charge is 0.269 e. The molecule has 1 aliphatic rings. The van der Waals surface area contributed by atoms with Crippen LogP contribution in [0.25, 0.3) is 11.1 Å². The highest BCUT2D eigenvalue weighted by Crippen LogP contribution is 2.24.